The fourth-order valence-electron chi connectivity index (χ4n) is 2.20. The van der Waals surface area contributed by atoms with Crippen LogP contribution in [0, 0.1) is 11.8 Å². The third-order valence-electron chi connectivity index (χ3n) is 3.17. The highest BCUT2D eigenvalue weighted by atomic mass is 16.2. The van der Waals surface area contributed by atoms with Gasteiger partial charge in [0.2, 0.25) is 0 Å². The zero-order valence-electron chi connectivity index (χ0n) is 8.49. The van der Waals surface area contributed by atoms with Gasteiger partial charge in [0.25, 0.3) is 0 Å². The van der Waals surface area contributed by atoms with Crippen LogP contribution in [0.5, 0.6) is 0 Å². The van der Waals surface area contributed by atoms with Crippen molar-refractivity contribution in [3.8, 4) is 0 Å². The molecule has 1 heterocycles. The summed E-state index contributed by atoms with van der Waals surface area (Å²) in [4.78, 5) is 15.3. The highest BCUT2D eigenvalue weighted by molar-refractivity contribution is 5.74. The van der Waals surface area contributed by atoms with Crippen LogP contribution in [0.15, 0.2) is 0 Å². The first-order chi connectivity index (χ1) is 6.18. The van der Waals surface area contributed by atoms with Crippen LogP contribution in [0.2, 0.25) is 0 Å². The predicted molar refractivity (Wildman–Crippen MR) is 51.5 cm³/mol. The lowest BCUT2D eigenvalue weighted by atomic mass is 10.0. The van der Waals surface area contributed by atoms with E-state index in [1.807, 2.05) is 19.0 Å². The summed E-state index contributed by atoms with van der Waals surface area (Å²) >= 11 is 0. The van der Waals surface area contributed by atoms with E-state index < -0.39 is 0 Å². The first-order valence-corrected chi connectivity index (χ1v) is 5.14. The van der Waals surface area contributed by atoms with Gasteiger partial charge in [-0.05, 0) is 31.1 Å². The maximum absolute atomic E-state index is 11.6. The summed E-state index contributed by atoms with van der Waals surface area (Å²) in [6.45, 7) is 1.97. The Balaban J connectivity index is 1.86. The first kappa shape index (κ1) is 8.85. The van der Waals surface area contributed by atoms with Crippen LogP contribution in [0.1, 0.15) is 19.3 Å². The number of urea groups is 1. The molecule has 2 rings (SSSR count). The number of hydrogen-bond acceptors (Lipinski definition) is 1. The molecule has 1 aliphatic heterocycles. The largest absolute Gasteiger partial charge is 0.331 e. The number of carbonyl (C=O) groups is 1. The quantitative estimate of drug-likeness (QED) is 0.601. The van der Waals surface area contributed by atoms with E-state index in [2.05, 4.69) is 0 Å². The lowest BCUT2D eigenvalue weighted by Crippen LogP contribution is -2.37. The summed E-state index contributed by atoms with van der Waals surface area (Å²) in [7, 11) is 3.65. The minimum atomic E-state index is 0.183. The van der Waals surface area contributed by atoms with Crippen molar-refractivity contribution < 1.29 is 4.79 Å². The maximum atomic E-state index is 11.6. The molecule has 2 aliphatic rings. The number of amides is 2. The van der Waals surface area contributed by atoms with Crippen LogP contribution in [0.4, 0.5) is 4.79 Å². The Bertz CT molecular complexity index is 211. The maximum Gasteiger partial charge on any atom is 0.319 e. The van der Waals surface area contributed by atoms with Gasteiger partial charge in [0.15, 0.2) is 0 Å². The molecule has 1 unspecified atom stereocenters. The second-order valence-electron chi connectivity index (χ2n) is 4.51. The minimum Gasteiger partial charge on any atom is -0.331 e. The van der Waals surface area contributed by atoms with Crippen LogP contribution in [0.3, 0.4) is 0 Å². The zero-order valence-corrected chi connectivity index (χ0v) is 8.49. The van der Waals surface area contributed by atoms with Crippen molar-refractivity contribution in [3.05, 3.63) is 0 Å². The third kappa shape index (κ3) is 1.79. The van der Waals surface area contributed by atoms with Crippen LogP contribution in [-0.2, 0) is 0 Å². The van der Waals surface area contributed by atoms with E-state index >= 15 is 0 Å². The summed E-state index contributed by atoms with van der Waals surface area (Å²) < 4.78 is 0. The molecule has 1 atom stereocenters. The molecule has 0 aromatic heterocycles. The highest BCUT2D eigenvalue weighted by Crippen LogP contribution is 2.41. The number of likely N-dealkylation sites (tertiary alicyclic amines) is 1. The average molecular weight is 182 g/mol. The van der Waals surface area contributed by atoms with Gasteiger partial charge in [-0.1, -0.05) is 0 Å². The monoisotopic (exact) mass is 182 g/mol. The number of rotatable bonds is 1. The van der Waals surface area contributed by atoms with Crippen LogP contribution < -0.4 is 0 Å². The van der Waals surface area contributed by atoms with Crippen molar-refractivity contribution in [1.29, 1.82) is 0 Å². The molecular weight excluding hydrogens is 164 g/mol. The normalized spacial score (nSPS) is 27.8. The summed E-state index contributed by atoms with van der Waals surface area (Å²) in [6, 6.07) is 0.183. The minimum absolute atomic E-state index is 0.183. The lowest BCUT2D eigenvalue weighted by Gasteiger charge is -2.21. The van der Waals surface area contributed by atoms with E-state index in [1.54, 1.807) is 4.90 Å². The lowest BCUT2D eigenvalue weighted by molar-refractivity contribution is 0.179. The topological polar surface area (TPSA) is 23.6 Å². The molecule has 2 fully saturated rings. The molecule has 0 radical (unpaired) electrons. The molecule has 0 N–H and O–H groups in total. The van der Waals surface area contributed by atoms with Gasteiger partial charge >= 0.3 is 6.03 Å². The fourth-order valence-corrected chi connectivity index (χ4v) is 2.20. The SMILES string of the molecule is CN(C)C(=O)N1CCC(C2CC2)C1. The smallest absolute Gasteiger partial charge is 0.319 e. The van der Waals surface area contributed by atoms with Crippen molar-refractivity contribution in [3.63, 3.8) is 0 Å². The Kier molecular flexibility index (Phi) is 2.18. The zero-order chi connectivity index (χ0) is 9.42. The molecule has 1 saturated heterocycles. The fraction of sp³-hybridized carbons (Fsp3) is 0.900. The van der Waals surface area contributed by atoms with Gasteiger partial charge < -0.3 is 9.80 Å². The molecule has 0 aromatic carbocycles. The summed E-state index contributed by atoms with van der Waals surface area (Å²) in [5, 5.41) is 0. The Morgan fingerprint density at radius 1 is 1.23 bits per heavy atom. The summed E-state index contributed by atoms with van der Waals surface area (Å²) in [5.74, 6) is 1.75. The van der Waals surface area contributed by atoms with Crippen molar-refractivity contribution in [2.75, 3.05) is 27.2 Å². The van der Waals surface area contributed by atoms with Crippen LogP contribution in [0.25, 0.3) is 0 Å². The third-order valence-corrected chi connectivity index (χ3v) is 3.17. The number of nitrogens with zero attached hydrogens (tertiary/aromatic N) is 2. The van der Waals surface area contributed by atoms with Gasteiger partial charge in [0.05, 0.1) is 0 Å². The van der Waals surface area contributed by atoms with Crippen molar-refractivity contribution in [1.82, 2.24) is 9.80 Å². The Labute approximate surface area is 79.7 Å². The van der Waals surface area contributed by atoms with E-state index in [4.69, 9.17) is 0 Å². The Morgan fingerprint density at radius 3 is 2.46 bits per heavy atom. The van der Waals surface area contributed by atoms with Gasteiger partial charge in [0, 0.05) is 27.2 Å². The Morgan fingerprint density at radius 2 is 1.92 bits per heavy atom. The van der Waals surface area contributed by atoms with E-state index in [1.165, 1.54) is 19.3 Å². The molecule has 0 bridgehead atoms. The first-order valence-electron chi connectivity index (χ1n) is 5.14. The molecule has 3 heteroatoms. The molecule has 2 amide bonds. The van der Waals surface area contributed by atoms with Crippen molar-refractivity contribution >= 4 is 6.03 Å². The molecule has 13 heavy (non-hydrogen) atoms. The van der Waals surface area contributed by atoms with E-state index in [-0.39, 0.29) is 6.03 Å². The highest BCUT2D eigenvalue weighted by Gasteiger charge is 2.37. The van der Waals surface area contributed by atoms with Gasteiger partial charge in [0.1, 0.15) is 0 Å². The standard InChI is InChI=1S/C10H18N2O/c1-11(2)10(13)12-6-5-9(7-12)8-3-4-8/h8-9H,3-7H2,1-2H3. The number of carbonyl (C=O) groups excluding carboxylic acids is 1. The van der Waals surface area contributed by atoms with Crippen LogP contribution in [-0.4, -0.2) is 43.0 Å². The second kappa shape index (κ2) is 3.20. The molecule has 1 aliphatic carbocycles. The predicted octanol–water partition coefficient (Wildman–Crippen LogP) is 1.40. The molecule has 0 spiro atoms. The number of hydrogen-bond donors (Lipinski definition) is 0. The summed E-state index contributed by atoms with van der Waals surface area (Å²) in [6.07, 6.45) is 4.02. The van der Waals surface area contributed by atoms with Gasteiger partial charge in [-0.2, -0.15) is 0 Å². The average Bonchev–Trinajstić information content (AvgIpc) is 2.83. The second-order valence-corrected chi connectivity index (χ2v) is 4.51. The Hall–Kier alpha value is -0.730. The molecule has 1 saturated carbocycles. The van der Waals surface area contributed by atoms with Gasteiger partial charge in [-0.25, -0.2) is 4.79 Å². The summed E-state index contributed by atoms with van der Waals surface area (Å²) in [5.41, 5.74) is 0. The molecule has 0 aromatic rings. The molecular formula is C10H18N2O. The van der Waals surface area contributed by atoms with Crippen LogP contribution >= 0.6 is 0 Å². The van der Waals surface area contributed by atoms with E-state index in [0.717, 1.165) is 24.9 Å². The molecule has 74 valence electrons. The van der Waals surface area contributed by atoms with E-state index in [0.29, 0.717) is 0 Å². The molecule has 3 nitrogen and oxygen atoms in total. The van der Waals surface area contributed by atoms with Gasteiger partial charge in [-0.3, -0.25) is 0 Å². The van der Waals surface area contributed by atoms with Gasteiger partial charge in [-0.15, -0.1) is 0 Å². The van der Waals surface area contributed by atoms with E-state index in [9.17, 15) is 4.79 Å². The van der Waals surface area contributed by atoms with Crippen molar-refractivity contribution in [2.24, 2.45) is 11.8 Å². The van der Waals surface area contributed by atoms with Crippen molar-refractivity contribution in [2.45, 2.75) is 19.3 Å².